The van der Waals surface area contributed by atoms with E-state index in [2.05, 4.69) is 20.4 Å². The van der Waals surface area contributed by atoms with Crippen LogP contribution in [0.3, 0.4) is 0 Å². The van der Waals surface area contributed by atoms with Crippen molar-refractivity contribution in [1.29, 1.82) is 0 Å². The van der Waals surface area contributed by atoms with E-state index in [1.807, 2.05) is 60.4 Å². The highest BCUT2D eigenvalue weighted by molar-refractivity contribution is 7.09. The van der Waals surface area contributed by atoms with Crippen LogP contribution in [0.15, 0.2) is 64.8 Å². The normalized spacial score (nSPS) is 14.6. The van der Waals surface area contributed by atoms with Crippen LogP contribution in [0.5, 0.6) is 0 Å². The molecule has 1 saturated heterocycles. The Hall–Kier alpha value is -3.36. The highest BCUT2D eigenvalue weighted by Gasteiger charge is 2.26. The number of thiazole rings is 1. The summed E-state index contributed by atoms with van der Waals surface area (Å²) in [7, 11) is 0. The lowest BCUT2D eigenvalue weighted by molar-refractivity contribution is 0.0621. The number of rotatable bonds is 5. The van der Waals surface area contributed by atoms with E-state index >= 15 is 0 Å². The number of carbonyl (C=O) groups is 1. The van der Waals surface area contributed by atoms with Gasteiger partial charge in [-0.1, -0.05) is 48.5 Å². The number of aryl methyl sites for hydroxylation is 1. The maximum absolute atomic E-state index is 13.5. The number of fused-ring (bicyclic) bond motifs is 1. The first-order valence-electron chi connectivity index (χ1n) is 11.0. The molecule has 0 N–H and O–H groups in total. The zero-order valence-corrected chi connectivity index (χ0v) is 19.3. The molecule has 1 aliphatic rings. The number of hydrogen-bond donors (Lipinski definition) is 0. The quantitative estimate of drug-likeness (QED) is 0.459. The fourth-order valence-electron chi connectivity index (χ4n) is 4.23. The van der Waals surface area contributed by atoms with Crippen molar-refractivity contribution in [3.63, 3.8) is 0 Å². The number of carbonyl (C=O) groups excluding carboxylic acids is 1. The van der Waals surface area contributed by atoms with Crippen LogP contribution in [0.4, 0.5) is 0 Å². The number of nitrogens with zero attached hydrogens (tertiary/aromatic N) is 5. The van der Waals surface area contributed by atoms with Gasteiger partial charge in [0, 0.05) is 43.5 Å². The van der Waals surface area contributed by atoms with E-state index < -0.39 is 0 Å². The highest BCUT2D eigenvalue weighted by Crippen LogP contribution is 2.18. The van der Waals surface area contributed by atoms with Crippen LogP contribution in [0, 0.1) is 6.92 Å². The summed E-state index contributed by atoms with van der Waals surface area (Å²) >= 11 is 1.66. The smallest absolute Gasteiger partial charge is 0.275 e. The zero-order chi connectivity index (χ0) is 22.8. The minimum absolute atomic E-state index is 0.128. The first kappa shape index (κ1) is 21.5. The van der Waals surface area contributed by atoms with Crippen molar-refractivity contribution in [3.05, 3.63) is 92.3 Å². The molecule has 2 aromatic heterocycles. The predicted molar refractivity (Wildman–Crippen MR) is 130 cm³/mol. The van der Waals surface area contributed by atoms with Crippen LogP contribution in [0.2, 0.25) is 0 Å². The van der Waals surface area contributed by atoms with E-state index in [0.717, 1.165) is 35.9 Å². The highest BCUT2D eigenvalue weighted by atomic mass is 32.1. The van der Waals surface area contributed by atoms with Crippen LogP contribution >= 0.6 is 11.3 Å². The lowest BCUT2D eigenvalue weighted by Crippen LogP contribution is -2.48. The zero-order valence-electron chi connectivity index (χ0n) is 18.5. The van der Waals surface area contributed by atoms with Crippen molar-refractivity contribution < 1.29 is 4.79 Å². The maximum atomic E-state index is 13.5. The number of piperazine rings is 1. The van der Waals surface area contributed by atoms with E-state index in [-0.39, 0.29) is 11.5 Å². The molecule has 0 spiro atoms. The Morgan fingerprint density at radius 1 is 0.939 bits per heavy atom. The third-order valence-electron chi connectivity index (χ3n) is 5.96. The lowest BCUT2D eigenvalue weighted by atomic mass is 10.1. The molecule has 0 radical (unpaired) electrons. The first-order valence-corrected chi connectivity index (χ1v) is 11.9. The second-order valence-electron chi connectivity index (χ2n) is 8.27. The molecule has 5 rings (SSSR count). The van der Waals surface area contributed by atoms with Crippen LogP contribution in [-0.2, 0) is 13.1 Å². The molecule has 2 aromatic carbocycles. The molecule has 1 amide bonds. The first-order chi connectivity index (χ1) is 16.1. The molecular formula is C25H25N5O2S. The van der Waals surface area contributed by atoms with E-state index in [1.165, 1.54) is 4.68 Å². The molecule has 0 saturated carbocycles. The van der Waals surface area contributed by atoms with Gasteiger partial charge in [-0.25, -0.2) is 9.67 Å². The third-order valence-corrected chi connectivity index (χ3v) is 6.78. The van der Waals surface area contributed by atoms with Gasteiger partial charge >= 0.3 is 0 Å². The molecule has 0 atom stereocenters. The van der Waals surface area contributed by atoms with E-state index in [1.54, 1.807) is 17.4 Å². The van der Waals surface area contributed by atoms with Crippen molar-refractivity contribution in [3.8, 4) is 0 Å². The summed E-state index contributed by atoms with van der Waals surface area (Å²) < 4.78 is 1.41. The average Bonchev–Trinajstić information content (AvgIpc) is 3.26. The summed E-state index contributed by atoms with van der Waals surface area (Å²) in [6.45, 7) is 5.94. The van der Waals surface area contributed by atoms with Crippen LogP contribution in [-0.4, -0.2) is 56.7 Å². The standard InChI is InChI=1S/C25H25N5O2S/c1-18-26-20(17-33-18)16-28-11-13-29(14-12-28)25(32)23-21-9-5-6-10-22(21)24(31)30(27-23)15-19-7-3-2-4-8-19/h2-10,17H,11-16H2,1H3. The van der Waals surface area contributed by atoms with Crippen molar-refractivity contribution in [1.82, 2.24) is 24.6 Å². The Morgan fingerprint density at radius 2 is 1.64 bits per heavy atom. The summed E-state index contributed by atoms with van der Waals surface area (Å²) in [5.41, 5.74) is 2.20. The monoisotopic (exact) mass is 459 g/mol. The number of hydrogen-bond acceptors (Lipinski definition) is 6. The van der Waals surface area contributed by atoms with Gasteiger partial charge in [0.15, 0.2) is 5.69 Å². The predicted octanol–water partition coefficient (Wildman–Crippen LogP) is 3.17. The van der Waals surface area contributed by atoms with Gasteiger partial charge in [0.05, 0.1) is 22.6 Å². The Balaban J connectivity index is 1.39. The molecule has 0 aliphatic carbocycles. The van der Waals surface area contributed by atoms with Gasteiger partial charge in [-0.05, 0) is 18.6 Å². The van der Waals surface area contributed by atoms with Crippen LogP contribution < -0.4 is 5.56 Å². The molecule has 1 aliphatic heterocycles. The van der Waals surface area contributed by atoms with Gasteiger partial charge in [0.25, 0.3) is 11.5 Å². The number of aromatic nitrogens is 3. The lowest BCUT2D eigenvalue weighted by Gasteiger charge is -2.34. The summed E-state index contributed by atoms with van der Waals surface area (Å²) in [5.74, 6) is -0.128. The maximum Gasteiger partial charge on any atom is 0.275 e. The van der Waals surface area contributed by atoms with E-state index in [0.29, 0.717) is 36.1 Å². The third kappa shape index (κ3) is 4.58. The summed E-state index contributed by atoms with van der Waals surface area (Å²) in [6.07, 6.45) is 0. The second kappa shape index (κ2) is 9.25. The van der Waals surface area contributed by atoms with Gasteiger partial charge in [0.2, 0.25) is 0 Å². The molecule has 4 aromatic rings. The van der Waals surface area contributed by atoms with Gasteiger partial charge in [-0.3, -0.25) is 14.5 Å². The Morgan fingerprint density at radius 3 is 2.33 bits per heavy atom. The van der Waals surface area contributed by atoms with Gasteiger partial charge in [0.1, 0.15) is 0 Å². The topological polar surface area (TPSA) is 71.3 Å². The second-order valence-corrected chi connectivity index (χ2v) is 9.33. The van der Waals surface area contributed by atoms with Crippen molar-refractivity contribution >= 4 is 28.0 Å². The van der Waals surface area contributed by atoms with Crippen molar-refractivity contribution in [2.45, 2.75) is 20.0 Å². The van der Waals surface area contributed by atoms with Crippen molar-refractivity contribution in [2.24, 2.45) is 0 Å². The van der Waals surface area contributed by atoms with Gasteiger partial charge in [-0.15, -0.1) is 11.3 Å². The van der Waals surface area contributed by atoms with Gasteiger partial charge < -0.3 is 4.90 Å². The summed E-state index contributed by atoms with van der Waals surface area (Å²) in [5, 5.41) is 8.85. The Labute approximate surface area is 195 Å². The molecule has 1 fully saturated rings. The molecule has 7 nitrogen and oxygen atoms in total. The van der Waals surface area contributed by atoms with Gasteiger partial charge in [-0.2, -0.15) is 5.10 Å². The Bertz CT molecular complexity index is 1340. The molecule has 0 bridgehead atoms. The molecule has 0 unspecified atom stereocenters. The van der Waals surface area contributed by atoms with E-state index in [4.69, 9.17) is 0 Å². The SMILES string of the molecule is Cc1nc(CN2CCN(C(=O)c3nn(Cc4ccccc4)c(=O)c4ccccc34)CC2)cs1. The van der Waals surface area contributed by atoms with E-state index in [9.17, 15) is 9.59 Å². The minimum atomic E-state index is -0.186. The molecule has 168 valence electrons. The number of benzene rings is 2. The molecular weight excluding hydrogens is 434 g/mol. The van der Waals surface area contributed by atoms with Crippen LogP contribution in [0.25, 0.3) is 10.8 Å². The summed E-state index contributed by atoms with van der Waals surface area (Å²) in [4.78, 5) is 35.3. The minimum Gasteiger partial charge on any atom is -0.335 e. The summed E-state index contributed by atoms with van der Waals surface area (Å²) in [6, 6.07) is 16.9. The molecule has 8 heteroatoms. The average molecular weight is 460 g/mol. The Kier molecular flexibility index (Phi) is 6.02. The molecule has 3 heterocycles. The molecule has 33 heavy (non-hydrogen) atoms. The fourth-order valence-corrected chi connectivity index (χ4v) is 4.83. The van der Waals surface area contributed by atoms with Crippen LogP contribution in [0.1, 0.15) is 26.8 Å². The van der Waals surface area contributed by atoms with Crippen molar-refractivity contribution in [2.75, 3.05) is 26.2 Å². The largest absolute Gasteiger partial charge is 0.335 e. The number of amides is 1. The fraction of sp³-hybridized carbons (Fsp3) is 0.280.